The van der Waals surface area contributed by atoms with Gasteiger partial charge in [-0.15, -0.1) is 10.2 Å². The first-order chi connectivity index (χ1) is 10.2. The van der Waals surface area contributed by atoms with Crippen molar-refractivity contribution in [1.29, 1.82) is 0 Å². The SMILES string of the molecule is O=C(CCSCCC(=O)Nc1nn[nH]n1)Nc1nn[nH]n1. The molecule has 2 rings (SSSR count). The van der Waals surface area contributed by atoms with Gasteiger partial charge in [0, 0.05) is 24.3 Å². The number of rotatable bonds is 8. The molecule has 0 aliphatic rings. The van der Waals surface area contributed by atoms with Crippen molar-refractivity contribution in [2.45, 2.75) is 12.8 Å². The van der Waals surface area contributed by atoms with Gasteiger partial charge >= 0.3 is 0 Å². The average molecular weight is 312 g/mol. The Balaban J connectivity index is 1.51. The lowest BCUT2D eigenvalue weighted by Crippen LogP contribution is -2.15. The molecule has 0 unspecified atom stereocenters. The molecular weight excluding hydrogens is 300 g/mol. The number of nitrogens with zero attached hydrogens (tertiary/aromatic N) is 6. The molecule has 2 aromatic heterocycles. The normalized spacial score (nSPS) is 10.3. The van der Waals surface area contributed by atoms with Crippen LogP contribution >= 0.6 is 11.8 Å². The molecule has 0 bridgehead atoms. The van der Waals surface area contributed by atoms with Crippen molar-refractivity contribution in [2.75, 3.05) is 22.1 Å². The van der Waals surface area contributed by atoms with Crippen LogP contribution in [0.15, 0.2) is 0 Å². The van der Waals surface area contributed by atoms with Crippen LogP contribution in [-0.2, 0) is 9.59 Å². The van der Waals surface area contributed by atoms with Gasteiger partial charge in [-0.3, -0.25) is 20.2 Å². The van der Waals surface area contributed by atoms with Crippen molar-refractivity contribution in [3.05, 3.63) is 0 Å². The van der Waals surface area contributed by atoms with Gasteiger partial charge in [0.25, 0.3) is 11.9 Å². The number of aromatic amines is 2. The number of hydrogen-bond acceptors (Lipinski definition) is 9. The highest BCUT2D eigenvalue weighted by Gasteiger charge is 2.07. The van der Waals surface area contributed by atoms with E-state index in [4.69, 9.17) is 0 Å². The fourth-order valence-corrected chi connectivity index (χ4v) is 2.10. The van der Waals surface area contributed by atoms with Crippen LogP contribution in [0.5, 0.6) is 0 Å². The first-order valence-corrected chi connectivity index (χ1v) is 7.04. The highest BCUT2D eigenvalue weighted by Crippen LogP contribution is 2.06. The molecule has 0 aliphatic carbocycles. The van der Waals surface area contributed by atoms with Gasteiger partial charge in [-0.2, -0.15) is 22.2 Å². The molecule has 0 aliphatic heterocycles. The third-order valence-corrected chi connectivity index (χ3v) is 3.13. The molecule has 4 N–H and O–H groups in total. The molecule has 0 atom stereocenters. The van der Waals surface area contributed by atoms with Crippen LogP contribution in [0.25, 0.3) is 0 Å². The fraction of sp³-hybridized carbons (Fsp3) is 0.500. The first-order valence-electron chi connectivity index (χ1n) is 5.88. The fourth-order valence-electron chi connectivity index (χ4n) is 1.24. The Labute approximate surface area is 122 Å². The van der Waals surface area contributed by atoms with Gasteiger partial charge in [-0.05, 0) is 10.4 Å². The van der Waals surface area contributed by atoms with Crippen LogP contribution in [0.4, 0.5) is 11.9 Å². The van der Waals surface area contributed by atoms with E-state index in [1.165, 1.54) is 11.8 Å². The van der Waals surface area contributed by atoms with Crippen molar-refractivity contribution in [2.24, 2.45) is 0 Å². The lowest BCUT2D eigenvalue weighted by Gasteiger charge is -2.02. The molecule has 13 heteroatoms. The molecule has 0 aromatic carbocycles. The van der Waals surface area contributed by atoms with Crippen molar-refractivity contribution >= 4 is 35.5 Å². The summed E-state index contributed by atoms with van der Waals surface area (Å²) in [5, 5.41) is 30.5. The Hall–Kier alpha value is -2.57. The van der Waals surface area contributed by atoms with Gasteiger partial charge in [0.2, 0.25) is 11.8 Å². The van der Waals surface area contributed by atoms with Gasteiger partial charge in [-0.1, -0.05) is 10.2 Å². The van der Waals surface area contributed by atoms with Crippen molar-refractivity contribution in [1.82, 2.24) is 41.2 Å². The molecule has 21 heavy (non-hydrogen) atoms. The second-order valence-electron chi connectivity index (χ2n) is 3.68. The van der Waals surface area contributed by atoms with Gasteiger partial charge in [0.05, 0.1) is 0 Å². The zero-order valence-corrected chi connectivity index (χ0v) is 11.6. The van der Waals surface area contributed by atoms with Gasteiger partial charge in [-0.25, -0.2) is 0 Å². The molecular formula is C8H12N10O2S. The predicted molar refractivity (Wildman–Crippen MR) is 72.2 cm³/mol. The maximum Gasteiger partial charge on any atom is 0.269 e. The number of tetrazole rings is 2. The quantitative estimate of drug-likeness (QED) is 0.438. The van der Waals surface area contributed by atoms with E-state index in [-0.39, 0.29) is 23.7 Å². The summed E-state index contributed by atoms with van der Waals surface area (Å²) >= 11 is 1.48. The van der Waals surface area contributed by atoms with E-state index in [1.807, 2.05) is 0 Å². The van der Waals surface area contributed by atoms with Gasteiger partial charge < -0.3 is 0 Å². The van der Waals surface area contributed by atoms with E-state index in [9.17, 15) is 9.59 Å². The summed E-state index contributed by atoms with van der Waals surface area (Å²) in [5.74, 6) is 1.03. The summed E-state index contributed by atoms with van der Waals surface area (Å²) in [6.45, 7) is 0. The number of H-pyrrole nitrogens is 2. The largest absolute Gasteiger partial charge is 0.292 e. The molecule has 112 valence electrons. The Morgan fingerprint density at radius 2 is 1.38 bits per heavy atom. The van der Waals surface area contributed by atoms with E-state index >= 15 is 0 Å². The number of anilines is 2. The topological polar surface area (TPSA) is 167 Å². The number of aromatic nitrogens is 8. The standard InChI is InChI=1S/C8H12N10O2S/c19-5(9-7-11-15-16-12-7)1-3-21-4-2-6(20)10-8-13-17-18-14-8/h1-4H2,(H2,9,11,12,15,16,19)(H2,10,13,14,17,18,20). The van der Waals surface area contributed by atoms with Gasteiger partial charge in [0.1, 0.15) is 0 Å². The second kappa shape index (κ2) is 7.88. The molecule has 12 nitrogen and oxygen atoms in total. The number of carbonyl (C=O) groups is 2. The zero-order chi connectivity index (χ0) is 14.9. The summed E-state index contributed by atoms with van der Waals surface area (Å²) in [4.78, 5) is 22.9. The van der Waals surface area contributed by atoms with E-state index in [0.29, 0.717) is 24.3 Å². The molecule has 2 aromatic rings. The zero-order valence-electron chi connectivity index (χ0n) is 10.7. The van der Waals surface area contributed by atoms with Gasteiger partial charge in [0.15, 0.2) is 0 Å². The van der Waals surface area contributed by atoms with Crippen molar-refractivity contribution in [3.8, 4) is 0 Å². The number of thioether (sulfide) groups is 1. The minimum absolute atomic E-state index is 0.143. The van der Waals surface area contributed by atoms with E-state index in [2.05, 4.69) is 51.9 Å². The number of amides is 2. The molecule has 2 heterocycles. The smallest absolute Gasteiger partial charge is 0.269 e. The maximum absolute atomic E-state index is 11.5. The summed E-state index contributed by atoms with van der Waals surface area (Å²) in [6, 6.07) is 0. The summed E-state index contributed by atoms with van der Waals surface area (Å²) in [7, 11) is 0. The van der Waals surface area contributed by atoms with E-state index in [0.717, 1.165) is 0 Å². The lowest BCUT2D eigenvalue weighted by atomic mass is 10.4. The lowest BCUT2D eigenvalue weighted by molar-refractivity contribution is -0.116. The van der Waals surface area contributed by atoms with Crippen LogP contribution in [0, 0.1) is 0 Å². The summed E-state index contributed by atoms with van der Waals surface area (Å²) in [6.07, 6.45) is 0.595. The summed E-state index contributed by atoms with van der Waals surface area (Å²) < 4.78 is 0. The second-order valence-corrected chi connectivity index (χ2v) is 4.90. The summed E-state index contributed by atoms with van der Waals surface area (Å²) in [5.41, 5.74) is 0. The van der Waals surface area contributed by atoms with Crippen LogP contribution in [-0.4, -0.2) is 64.6 Å². The number of carbonyl (C=O) groups excluding carboxylic acids is 2. The monoisotopic (exact) mass is 312 g/mol. The third kappa shape index (κ3) is 5.52. The highest BCUT2D eigenvalue weighted by molar-refractivity contribution is 7.99. The van der Waals surface area contributed by atoms with Crippen LogP contribution in [0.1, 0.15) is 12.8 Å². The van der Waals surface area contributed by atoms with Crippen LogP contribution in [0.2, 0.25) is 0 Å². The predicted octanol–water partition coefficient (Wildman–Crippen LogP) is -1.20. The van der Waals surface area contributed by atoms with E-state index < -0.39 is 0 Å². The highest BCUT2D eigenvalue weighted by atomic mass is 32.2. The Kier molecular flexibility index (Phi) is 5.57. The Morgan fingerprint density at radius 1 is 0.905 bits per heavy atom. The maximum atomic E-state index is 11.5. The first kappa shape index (κ1) is 14.8. The van der Waals surface area contributed by atoms with Crippen molar-refractivity contribution < 1.29 is 9.59 Å². The van der Waals surface area contributed by atoms with Crippen molar-refractivity contribution in [3.63, 3.8) is 0 Å². The molecule has 0 radical (unpaired) electrons. The minimum Gasteiger partial charge on any atom is -0.292 e. The molecule has 0 saturated heterocycles. The third-order valence-electron chi connectivity index (χ3n) is 2.14. The van der Waals surface area contributed by atoms with E-state index in [1.54, 1.807) is 0 Å². The van der Waals surface area contributed by atoms with Crippen LogP contribution in [0.3, 0.4) is 0 Å². The van der Waals surface area contributed by atoms with Crippen LogP contribution < -0.4 is 10.6 Å². The number of nitrogens with one attached hydrogen (secondary N) is 4. The molecule has 0 fully saturated rings. The molecule has 0 spiro atoms. The number of hydrogen-bond donors (Lipinski definition) is 4. The molecule has 0 saturated carbocycles. The molecule has 2 amide bonds. The average Bonchev–Trinajstić information content (AvgIpc) is 3.12. The Bertz CT molecular complexity index is 505. The Morgan fingerprint density at radius 3 is 1.76 bits per heavy atom. The minimum atomic E-state index is -0.208.